The Hall–Kier alpha value is -0.760. The van der Waals surface area contributed by atoms with Gasteiger partial charge in [0.05, 0.1) is 0 Å². The second kappa shape index (κ2) is 3.77. The van der Waals surface area contributed by atoms with Crippen LogP contribution in [0.4, 0.5) is 0 Å². The molecule has 1 aliphatic rings. The Labute approximate surface area is 85.5 Å². The highest BCUT2D eigenvalue weighted by molar-refractivity contribution is 5.26. The van der Waals surface area contributed by atoms with E-state index in [1.54, 1.807) is 0 Å². The summed E-state index contributed by atoms with van der Waals surface area (Å²) in [5.41, 5.74) is 7.10. The van der Waals surface area contributed by atoms with Gasteiger partial charge in [0.2, 0.25) is 0 Å². The maximum Gasteiger partial charge on any atom is 0.107 e. The summed E-state index contributed by atoms with van der Waals surface area (Å²) in [5.74, 6) is 3.45. The van der Waals surface area contributed by atoms with E-state index in [-0.39, 0.29) is 0 Å². The second-order valence-corrected chi connectivity index (χ2v) is 4.60. The normalized spacial score (nSPS) is 21.3. The minimum atomic E-state index is 0.497. The molecule has 0 saturated carbocycles. The summed E-state index contributed by atoms with van der Waals surface area (Å²) >= 11 is 0. The van der Waals surface area contributed by atoms with Crippen LogP contribution in [0.1, 0.15) is 43.3 Å². The molecule has 0 bridgehead atoms. The highest BCUT2D eigenvalue weighted by Crippen LogP contribution is 2.30. The lowest BCUT2D eigenvalue weighted by atomic mass is 9.88. The number of aryl methyl sites for hydroxylation is 1. The van der Waals surface area contributed by atoms with Crippen LogP contribution < -0.4 is 5.73 Å². The van der Waals surface area contributed by atoms with E-state index >= 15 is 0 Å². The highest BCUT2D eigenvalue weighted by Gasteiger charge is 2.22. The van der Waals surface area contributed by atoms with Crippen molar-refractivity contribution in [3.05, 3.63) is 23.2 Å². The third-order valence-corrected chi connectivity index (χ3v) is 3.11. The van der Waals surface area contributed by atoms with Gasteiger partial charge >= 0.3 is 0 Å². The van der Waals surface area contributed by atoms with Gasteiger partial charge in [0.25, 0.3) is 0 Å². The standard InChI is InChI=1S/C12H19NO/c1-8(2)11-6-10-4-3-9(7-13)5-12(10)14-11/h6,8-9H,3-5,7,13H2,1-2H3. The van der Waals surface area contributed by atoms with Gasteiger partial charge in [-0.15, -0.1) is 0 Å². The van der Waals surface area contributed by atoms with Crippen LogP contribution in [0, 0.1) is 5.92 Å². The zero-order chi connectivity index (χ0) is 10.1. The molecule has 0 spiro atoms. The molecule has 0 aliphatic heterocycles. The summed E-state index contributed by atoms with van der Waals surface area (Å²) in [4.78, 5) is 0. The second-order valence-electron chi connectivity index (χ2n) is 4.60. The molecule has 1 aliphatic carbocycles. The van der Waals surface area contributed by atoms with Crippen LogP contribution in [0.5, 0.6) is 0 Å². The minimum absolute atomic E-state index is 0.497. The zero-order valence-corrected chi connectivity index (χ0v) is 9.05. The molecule has 1 aromatic rings. The Morgan fingerprint density at radius 2 is 2.36 bits per heavy atom. The number of fused-ring (bicyclic) bond motifs is 1. The Kier molecular flexibility index (Phi) is 2.64. The van der Waals surface area contributed by atoms with Crippen LogP contribution in [-0.2, 0) is 12.8 Å². The van der Waals surface area contributed by atoms with Gasteiger partial charge in [0, 0.05) is 12.3 Å². The fourth-order valence-corrected chi connectivity index (χ4v) is 2.08. The van der Waals surface area contributed by atoms with E-state index in [2.05, 4.69) is 19.9 Å². The molecule has 0 fully saturated rings. The fourth-order valence-electron chi connectivity index (χ4n) is 2.08. The number of nitrogens with two attached hydrogens (primary N) is 1. The molecule has 2 rings (SSSR count). The molecule has 14 heavy (non-hydrogen) atoms. The molecular weight excluding hydrogens is 174 g/mol. The van der Waals surface area contributed by atoms with Crippen LogP contribution in [0.2, 0.25) is 0 Å². The Morgan fingerprint density at radius 3 is 3.00 bits per heavy atom. The quantitative estimate of drug-likeness (QED) is 0.783. The van der Waals surface area contributed by atoms with Gasteiger partial charge in [0.15, 0.2) is 0 Å². The minimum Gasteiger partial charge on any atom is -0.466 e. The average molecular weight is 193 g/mol. The van der Waals surface area contributed by atoms with Crippen molar-refractivity contribution in [1.29, 1.82) is 0 Å². The van der Waals surface area contributed by atoms with Crippen molar-refractivity contribution in [1.82, 2.24) is 0 Å². The smallest absolute Gasteiger partial charge is 0.107 e. The average Bonchev–Trinajstić information content (AvgIpc) is 2.59. The van der Waals surface area contributed by atoms with Crippen molar-refractivity contribution in [3.63, 3.8) is 0 Å². The van der Waals surface area contributed by atoms with E-state index < -0.39 is 0 Å². The van der Waals surface area contributed by atoms with Crippen molar-refractivity contribution in [3.8, 4) is 0 Å². The topological polar surface area (TPSA) is 39.2 Å². The Morgan fingerprint density at radius 1 is 1.57 bits per heavy atom. The molecule has 0 amide bonds. The summed E-state index contributed by atoms with van der Waals surface area (Å²) in [5, 5.41) is 0. The molecule has 2 N–H and O–H groups in total. The molecule has 1 unspecified atom stereocenters. The monoisotopic (exact) mass is 193 g/mol. The van der Waals surface area contributed by atoms with Gasteiger partial charge in [-0.05, 0) is 36.9 Å². The summed E-state index contributed by atoms with van der Waals surface area (Å²) in [6, 6.07) is 2.23. The lowest BCUT2D eigenvalue weighted by Gasteiger charge is -2.18. The van der Waals surface area contributed by atoms with Gasteiger partial charge in [0.1, 0.15) is 11.5 Å². The van der Waals surface area contributed by atoms with Crippen LogP contribution in [0.3, 0.4) is 0 Å². The summed E-state index contributed by atoms with van der Waals surface area (Å²) in [6.45, 7) is 5.13. The summed E-state index contributed by atoms with van der Waals surface area (Å²) < 4.78 is 5.84. The zero-order valence-electron chi connectivity index (χ0n) is 9.05. The maximum absolute atomic E-state index is 5.84. The Balaban J connectivity index is 2.21. The van der Waals surface area contributed by atoms with Crippen LogP contribution in [-0.4, -0.2) is 6.54 Å². The summed E-state index contributed by atoms with van der Waals surface area (Å²) in [6.07, 6.45) is 3.41. The molecule has 2 heteroatoms. The van der Waals surface area contributed by atoms with Crippen molar-refractivity contribution >= 4 is 0 Å². The first kappa shape index (κ1) is 9.78. The number of furan rings is 1. The molecule has 0 aromatic carbocycles. The van der Waals surface area contributed by atoms with Gasteiger partial charge in [-0.2, -0.15) is 0 Å². The van der Waals surface area contributed by atoms with Crippen molar-refractivity contribution in [2.24, 2.45) is 11.7 Å². The van der Waals surface area contributed by atoms with E-state index in [4.69, 9.17) is 10.2 Å². The Bertz CT molecular complexity index is 314. The fraction of sp³-hybridized carbons (Fsp3) is 0.667. The van der Waals surface area contributed by atoms with E-state index in [0.717, 1.165) is 25.1 Å². The van der Waals surface area contributed by atoms with Crippen molar-refractivity contribution < 1.29 is 4.42 Å². The van der Waals surface area contributed by atoms with Crippen LogP contribution in [0.25, 0.3) is 0 Å². The molecule has 2 nitrogen and oxygen atoms in total. The number of hydrogen-bond acceptors (Lipinski definition) is 2. The maximum atomic E-state index is 5.84. The lowest BCUT2D eigenvalue weighted by Crippen LogP contribution is -2.21. The van der Waals surface area contributed by atoms with E-state index in [1.165, 1.54) is 17.7 Å². The van der Waals surface area contributed by atoms with Gasteiger partial charge < -0.3 is 10.2 Å². The summed E-state index contributed by atoms with van der Waals surface area (Å²) in [7, 11) is 0. The first-order chi connectivity index (χ1) is 6.70. The van der Waals surface area contributed by atoms with E-state index in [1.807, 2.05) is 0 Å². The highest BCUT2D eigenvalue weighted by atomic mass is 16.3. The largest absolute Gasteiger partial charge is 0.466 e. The molecule has 1 aromatic heterocycles. The third kappa shape index (κ3) is 1.71. The van der Waals surface area contributed by atoms with E-state index in [0.29, 0.717) is 11.8 Å². The SMILES string of the molecule is CC(C)c1cc2c(o1)CC(CN)CC2. The van der Waals surface area contributed by atoms with Crippen molar-refractivity contribution in [2.45, 2.75) is 39.0 Å². The third-order valence-electron chi connectivity index (χ3n) is 3.11. The number of hydrogen-bond donors (Lipinski definition) is 1. The van der Waals surface area contributed by atoms with Gasteiger partial charge in [-0.1, -0.05) is 13.8 Å². The van der Waals surface area contributed by atoms with Crippen molar-refractivity contribution in [2.75, 3.05) is 6.54 Å². The number of rotatable bonds is 2. The molecular formula is C12H19NO. The lowest BCUT2D eigenvalue weighted by molar-refractivity contribution is 0.377. The first-order valence-corrected chi connectivity index (χ1v) is 5.52. The predicted octanol–water partition coefficient (Wildman–Crippen LogP) is 2.47. The first-order valence-electron chi connectivity index (χ1n) is 5.52. The molecule has 78 valence electrons. The van der Waals surface area contributed by atoms with Gasteiger partial charge in [-0.3, -0.25) is 0 Å². The molecule has 1 heterocycles. The predicted molar refractivity (Wildman–Crippen MR) is 57.4 cm³/mol. The van der Waals surface area contributed by atoms with Crippen LogP contribution >= 0.6 is 0 Å². The van der Waals surface area contributed by atoms with Crippen LogP contribution in [0.15, 0.2) is 10.5 Å². The van der Waals surface area contributed by atoms with Gasteiger partial charge in [-0.25, -0.2) is 0 Å². The molecule has 1 atom stereocenters. The van der Waals surface area contributed by atoms with E-state index in [9.17, 15) is 0 Å². The molecule has 0 radical (unpaired) electrons. The molecule has 0 saturated heterocycles.